The summed E-state index contributed by atoms with van der Waals surface area (Å²) in [5, 5.41) is 2.30. The molecule has 0 fully saturated rings. The summed E-state index contributed by atoms with van der Waals surface area (Å²) in [6.45, 7) is 8.44. The van der Waals surface area contributed by atoms with E-state index >= 15 is 0 Å². The summed E-state index contributed by atoms with van der Waals surface area (Å²) in [6, 6.07) is 20.7. The Morgan fingerprint density at radius 3 is 1.64 bits per heavy atom. The summed E-state index contributed by atoms with van der Waals surface area (Å²) >= 11 is 0. The Labute approximate surface area is 134 Å². The summed E-state index contributed by atoms with van der Waals surface area (Å²) in [5.41, 5.74) is 0. The third-order valence-electron chi connectivity index (χ3n) is 3.97. The van der Waals surface area contributed by atoms with E-state index in [0.717, 1.165) is 6.29 Å². The molecule has 0 bridgehead atoms. The first-order valence-electron chi connectivity index (χ1n) is 7.66. The van der Waals surface area contributed by atoms with Crippen LogP contribution in [0.4, 0.5) is 0 Å². The molecule has 0 heterocycles. The van der Waals surface area contributed by atoms with Crippen LogP contribution < -0.4 is 10.4 Å². The topological polar surface area (TPSA) is 26.3 Å². The van der Waals surface area contributed by atoms with Crippen LogP contribution >= 0.6 is 0 Å². The van der Waals surface area contributed by atoms with Gasteiger partial charge in [0.25, 0.3) is 8.32 Å². The van der Waals surface area contributed by atoms with E-state index in [9.17, 15) is 4.79 Å². The van der Waals surface area contributed by atoms with Crippen molar-refractivity contribution < 1.29 is 9.22 Å². The van der Waals surface area contributed by atoms with Gasteiger partial charge in [-0.2, -0.15) is 0 Å². The first kappa shape index (κ1) is 16.7. The molecule has 0 aliphatic rings. The normalized spacial score (nSPS) is 13.6. The highest BCUT2D eigenvalue weighted by molar-refractivity contribution is 6.99. The molecule has 2 aromatic rings. The van der Waals surface area contributed by atoms with E-state index in [1.165, 1.54) is 10.4 Å². The highest BCUT2D eigenvalue weighted by Gasteiger charge is 2.50. The molecule has 0 aliphatic carbocycles. The summed E-state index contributed by atoms with van der Waals surface area (Å²) in [4.78, 5) is 11.3. The van der Waals surface area contributed by atoms with E-state index < -0.39 is 14.4 Å². The van der Waals surface area contributed by atoms with Gasteiger partial charge in [0.1, 0.15) is 6.29 Å². The van der Waals surface area contributed by atoms with Gasteiger partial charge in [0, 0.05) is 0 Å². The van der Waals surface area contributed by atoms with Gasteiger partial charge < -0.3 is 9.22 Å². The van der Waals surface area contributed by atoms with Gasteiger partial charge in [-0.15, -0.1) is 0 Å². The molecule has 0 spiro atoms. The lowest BCUT2D eigenvalue weighted by molar-refractivity contribution is -0.113. The zero-order valence-corrected chi connectivity index (χ0v) is 14.7. The van der Waals surface area contributed by atoms with Gasteiger partial charge in [-0.25, -0.2) is 0 Å². The fourth-order valence-electron chi connectivity index (χ4n) is 3.00. The predicted octanol–water partition coefficient (Wildman–Crippen LogP) is 3.15. The van der Waals surface area contributed by atoms with Crippen LogP contribution in [0.3, 0.4) is 0 Å². The molecule has 3 heteroatoms. The first-order valence-corrected chi connectivity index (χ1v) is 9.57. The van der Waals surface area contributed by atoms with Gasteiger partial charge in [0.2, 0.25) is 0 Å². The van der Waals surface area contributed by atoms with Gasteiger partial charge in [0.15, 0.2) is 0 Å². The minimum Gasteiger partial charge on any atom is -0.398 e. The van der Waals surface area contributed by atoms with E-state index in [1.54, 1.807) is 0 Å². The molecule has 0 aliphatic heterocycles. The Kier molecular flexibility index (Phi) is 4.99. The average Bonchev–Trinajstić information content (AvgIpc) is 2.52. The van der Waals surface area contributed by atoms with Crippen molar-refractivity contribution in [3.63, 3.8) is 0 Å². The van der Waals surface area contributed by atoms with Crippen LogP contribution in [-0.2, 0) is 9.22 Å². The second-order valence-electron chi connectivity index (χ2n) is 6.62. The quantitative estimate of drug-likeness (QED) is 0.626. The Balaban J connectivity index is 2.72. The van der Waals surface area contributed by atoms with Crippen LogP contribution in [-0.4, -0.2) is 20.7 Å². The smallest absolute Gasteiger partial charge is 0.262 e. The van der Waals surface area contributed by atoms with E-state index in [0.29, 0.717) is 0 Å². The van der Waals surface area contributed by atoms with Crippen molar-refractivity contribution in [2.75, 3.05) is 0 Å². The zero-order chi connectivity index (χ0) is 16.2. The standard InChI is InChI=1S/C19H24O2Si/c1-16(15-20)21-22(19(2,3)4,17-11-7-5-8-12-17)18-13-9-6-10-14-18/h5-16H,1-4H3. The number of carbonyl (C=O) groups is 1. The fourth-order valence-corrected chi connectivity index (χ4v) is 7.63. The number of rotatable bonds is 5. The summed E-state index contributed by atoms with van der Waals surface area (Å²) in [6.07, 6.45) is 0.464. The van der Waals surface area contributed by atoms with Crippen LogP contribution in [0, 0.1) is 0 Å². The van der Waals surface area contributed by atoms with Crippen LogP contribution in [0.2, 0.25) is 5.04 Å². The molecular formula is C19H24O2Si. The molecule has 0 saturated carbocycles. The minimum atomic E-state index is -2.56. The lowest BCUT2D eigenvalue weighted by Crippen LogP contribution is -2.67. The second kappa shape index (κ2) is 6.59. The number of hydrogen-bond acceptors (Lipinski definition) is 2. The molecule has 116 valence electrons. The lowest BCUT2D eigenvalue weighted by Gasteiger charge is -2.43. The molecule has 0 amide bonds. The molecule has 2 nitrogen and oxygen atoms in total. The molecular weight excluding hydrogens is 288 g/mol. The van der Waals surface area contributed by atoms with Crippen molar-refractivity contribution >= 4 is 25.0 Å². The summed E-state index contributed by atoms with van der Waals surface area (Å²) in [7, 11) is -2.56. The van der Waals surface area contributed by atoms with Crippen molar-refractivity contribution in [1.29, 1.82) is 0 Å². The zero-order valence-electron chi connectivity index (χ0n) is 13.7. The SMILES string of the molecule is CC(C=O)O[Si](c1ccccc1)(c1ccccc1)C(C)(C)C. The molecule has 2 rings (SSSR count). The van der Waals surface area contributed by atoms with Gasteiger partial charge >= 0.3 is 0 Å². The van der Waals surface area contributed by atoms with Crippen LogP contribution in [0.15, 0.2) is 60.7 Å². The highest BCUT2D eigenvalue weighted by atomic mass is 28.4. The van der Waals surface area contributed by atoms with Crippen molar-refractivity contribution in [2.45, 2.75) is 38.8 Å². The highest BCUT2D eigenvalue weighted by Crippen LogP contribution is 2.37. The minimum absolute atomic E-state index is 0.0903. The van der Waals surface area contributed by atoms with Crippen molar-refractivity contribution in [1.82, 2.24) is 0 Å². The van der Waals surface area contributed by atoms with Gasteiger partial charge in [-0.3, -0.25) is 0 Å². The Morgan fingerprint density at radius 1 is 0.909 bits per heavy atom. The van der Waals surface area contributed by atoms with Crippen LogP contribution in [0.1, 0.15) is 27.7 Å². The maximum absolute atomic E-state index is 11.3. The number of carbonyl (C=O) groups excluding carboxylic acids is 1. The third kappa shape index (κ3) is 3.06. The van der Waals surface area contributed by atoms with Crippen molar-refractivity contribution in [3.05, 3.63) is 60.7 Å². The second-order valence-corrected chi connectivity index (χ2v) is 10.9. The Morgan fingerprint density at radius 2 is 1.32 bits per heavy atom. The predicted molar refractivity (Wildman–Crippen MR) is 94.2 cm³/mol. The molecule has 0 radical (unpaired) electrons. The maximum Gasteiger partial charge on any atom is 0.262 e. The maximum atomic E-state index is 11.3. The third-order valence-corrected chi connectivity index (χ3v) is 9.10. The van der Waals surface area contributed by atoms with Gasteiger partial charge in [-0.1, -0.05) is 81.4 Å². The Bertz CT molecular complexity index is 563. The average molecular weight is 312 g/mol. The van der Waals surface area contributed by atoms with Crippen LogP contribution in [0.5, 0.6) is 0 Å². The molecule has 1 unspecified atom stereocenters. The van der Waals surface area contributed by atoms with Crippen LogP contribution in [0.25, 0.3) is 0 Å². The fraction of sp³-hybridized carbons (Fsp3) is 0.316. The molecule has 22 heavy (non-hydrogen) atoms. The van der Waals surface area contributed by atoms with E-state index in [4.69, 9.17) is 4.43 Å². The number of aldehydes is 1. The summed E-state index contributed by atoms with van der Waals surface area (Å²) < 4.78 is 6.49. The lowest BCUT2D eigenvalue weighted by atomic mass is 10.2. The number of hydrogen-bond donors (Lipinski definition) is 0. The van der Waals surface area contributed by atoms with Crippen molar-refractivity contribution in [3.8, 4) is 0 Å². The van der Waals surface area contributed by atoms with Gasteiger partial charge in [0.05, 0.1) is 6.10 Å². The number of benzene rings is 2. The van der Waals surface area contributed by atoms with E-state index in [2.05, 4.69) is 45.0 Å². The molecule has 1 atom stereocenters. The Hall–Kier alpha value is -1.71. The summed E-state index contributed by atoms with van der Waals surface area (Å²) in [5.74, 6) is 0. The van der Waals surface area contributed by atoms with E-state index in [-0.39, 0.29) is 5.04 Å². The van der Waals surface area contributed by atoms with Gasteiger partial charge in [-0.05, 0) is 22.3 Å². The molecule has 0 aromatic heterocycles. The van der Waals surface area contributed by atoms with Crippen molar-refractivity contribution in [2.24, 2.45) is 0 Å². The first-order chi connectivity index (χ1) is 10.4. The molecule has 2 aromatic carbocycles. The molecule has 0 N–H and O–H groups in total. The molecule has 0 saturated heterocycles. The monoisotopic (exact) mass is 312 g/mol. The van der Waals surface area contributed by atoms with E-state index in [1.807, 2.05) is 43.3 Å². The largest absolute Gasteiger partial charge is 0.398 e.